The van der Waals surface area contributed by atoms with Gasteiger partial charge in [0.25, 0.3) is 0 Å². The molecule has 8 heteroatoms. The lowest BCUT2D eigenvalue weighted by Gasteiger charge is -2.14. The number of benzene rings is 1. The van der Waals surface area contributed by atoms with Gasteiger partial charge in [0.05, 0.1) is 5.56 Å². The van der Waals surface area contributed by atoms with E-state index in [0.29, 0.717) is 5.56 Å². The molecule has 3 rings (SSSR count). The van der Waals surface area contributed by atoms with Crippen LogP contribution in [0.3, 0.4) is 0 Å². The monoisotopic (exact) mass is 348 g/mol. The SMILES string of the molecule is C=C(OP(=O)(OC)OC)c1cc2c(o1)C(=O)c1ccccc1C2=O. The summed E-state index contributed by atoms with van der Waals surface area (Å²) in [6, 6.07) is 7.78. The predicted molar refractivity (Wildman–Crippen MR) is 83.8 cm³/mol. The van der Waals surface area contributed by atoms with E-state index in [9.17, 15) is 14.2 Å². The van der Waals surface area contributed by atoms with Crippen LogP contribution in [-0.2, 0) is 18.1 Å². The van der Waals surface area contributed by atoms with Gasteiger partial charge in [-0.3, -0.25) is 18.6 Å². The van der Waals surface area contributed by atoms with Crippen LogP contribution >= 0.6 is 7.82 Å². The Morgan fingerprint density at radius 2 is 1.62 bits per heavy atom. The number of rotatable bonds is 5. The van der Waals surface area contributed by atoms with Gasteiger partial charge >= 0.3 is 7.82 Å². The molecule has 0 amide bonds. The summed E-state index contributed by atoms with van der Waals surface area (Å²) in [4.78, 5) is 25.0. The molecule has 0 aliphatic heterocycles. The minimum atomic E-state index is -3.83. The van der Waals surface area contributed by atoms with E-state index in [1.54, 1.807) is 24.3 Å². The van der Waals surface area contributed by atoms with Crippen LogP contribution in [0, 0.1) is 0 Å². The summed E-state index contributed by atoms with van der Waals surface area (Å²) in [5, 5.41) is 0. The van der Waals surface area contributed by atoms with E-state index in [2.05, 4.69) is 15.6 Å². The van der Waals surface area contributed by atoms with Crippen molar-refractivity contribution in [1.82, 2.24) is 0 Å². The number of hydrogen-bond acceptors (Lipinski definition) is 7. The highest BCUT2D eigenvalue weighted by atomic mass is 31.2. The van der Waals surface area contributed by atoms with Crippen LogP contribution < -0.4 is 0 Å². The molecule has 0 atom stereocenters. The maximum atomic E-state index is 12.5. The van der Waals surface area contributed by atoms with Crippen molar-refractivity contribution >= 4 is 25.1 Å². The van der Waals surface area contributed by atoms with Crippen LogP contribution in [0.1, 0.15) is 37.8 Å². The van der Waals surface area contributed by atoms with Gasteiger partial charge in [0.1, 0.15) is 0 Å². The second-order valence-electron chi connectivity index (χ2n) is 4.88. The van der Waals surface area contributed by atoms with Crippen molar-refractivity contribution in [3.63, 3.8) is 0 Å². The van der Waals surface area contributed by atoms with Gasteiger partial charge in [-0.2, -0.15) is 0 Å². The lowest BCUT2D eigenvalue weighted by atomic mass is 9.89. The molecule has 1 aliphatic carbocycles. The Morgan fingerprint density at radius 3 is 2.21 bits per heavy atom. The number of fused-ring (bicyclic) bond motifs is 2. The highest BCUT2D eigenvalue weighted by Gasteiger charge is 2.35. The molecule has 24 heavy (non-hydrogen) atoms. The fourth-order valence-electron chi connectivity index (χ4n) is 2.34. The number of furan rings is 1. The van der Waals surface area contributed by atoms with Gasteiger partial charge in [-0.1, -0.05) is 30.8 Å². The molecule has 7 nitrogen and oxygen atoms in total. The smallest absolute Gasteiger partial charge is 0.449 e. The number of carbonyl (C=O) groups excluding carboxylic acids is 2. The van der Waals surface area contributed by atoms with Crippen molar-refractivity contribution in [3.8, 4) is 0 Å². The van der Waals surface area contributed by atoms with Crippen molar-refractivity contribution in [3.05, 3.63) is 65.1 Å². The van der Waals surface area contributed by atoms with E-state index in [-0.39, 0.29) is 34.2 Å². The molecular weight excluding hydrogens is 335 g/mol. The van der Waals surface area contributed by atoms with E-state index in [0.717, 1.165) is 14.2 Å². The lowest BCUT2D eigenvalue weighted by Crippen LogP contribution is -2.18. The molecule has 1 aromatic carbocycles. The maximum absolute atomic E-state index is 12.5. The second kappa shape index (κ2) is 5.87. The Balaban J connectivity index is 1.99. The molecule has 0 radical (unpaired) electrons. The Bertz CT molecular complexity index is 848. The molecule has 1 aliphatic rings. The Morgan fingerprint density at radius 1 is 1.04 bits per heavy atom. The molecule has 0 unspecified atom stereocenters. The Labute approximate surface area is 137 Å². The maximum Gasteiger partial charge on any atom is 0.529 e. The van der Waals surface area contributed by atoms with Gasteiger partial charge in [0.15, 0.2) is 23.1 Å². The minimum Gasteiger partial charge on any atom is -0.449 e. The summed E-state index contributed by atoms with van der Waals surface area (Å²) in [7, 11) is -1.53. The molecule has 1 aromatic heterocycles. The van der Waals surface area contributed by atoms with Gasteiger partial charge in [-0.25, -0.2) is 4.57 Å². The highest BCUT2D eigenvalue weighted by molar-refractivity contribution is 7.48. The molecule has 124 valence electrons. The summed E-state index contributed by atoms with van der Waals surface area (Å²) in [6.07, 6.45) is 0. The standard InChI is InChI=1S/C16H13O7P/c1-9(23-24(19,20-2)21-3)13-8-12-14(17)10-6-4-5-7-11(10)15(18)16(12)22-13/h4-8H,1H2,2-3H3. The Hall–Kier alpha value is -2.47. The first-order chi connectivity index (χ1) is 11.4. The van der Waals surface area contributed by atoms with E-state index in [4.69, 9.17) is 8.94 Å². The Kier molecular flexibility index (Phi) is 4.01. The number of ketones is 2. The molecule has 1 heterocycles. The van der Waals surface area contributed by atoms with Gasteiger partial charge in [0.2, 0.25) is 5.78 Å². The van der Waals surface area contributed by atoms with E-state index in [1.807, 2.05) is 0 Å². The number of carbonyl (C=O) groups is 2. The van der Waals surface area contributed by atoms with Gasteiger partial charge in [-0.05, 0) is 6.07 Å². The molecular formula is C16H13O7P. The average Bonchev–Trinajstić information content (AvgIpc) is 3.05. The second-order valence-corrected chi connectivity index (χ2v) is 6.69. The average molecular weight is 348 g/mol. The molecule has 0 bridgehead atoms. The van der Waals surface area contributed by atoms with Crippen molar-refractivity contribution in [1.29, 1.82) is 0 Å². The molecule has 0 N–H and O–H groups in total. The van der Waals surface area contributed by atoms with Crippen LogP contribution in [0.5, 0.6) is 0 Å². The van der Waals surface area contributed by atoms with Gasteiger partial charge in [-0.15, -0.1) is 0 Å². The number of phosphoric ester groups is 1. The van der Waals surface area contributed by atoms with Crippen LogP contribution in [0.25, 0.3) is 5.76 Å². The molecule has 0 fully saturated rings. The van der Waals surface area contributed by atoms with Crippen molar-refractivity contribution < 1.29 is 32.1 Å². The van der Waals surface area contributed by atoms with Crippen LogP contribution in [0.2, 0.25) is 0 Å². The van der Waals surface area contributed by atoms with Crippen molar-refractivity contribution in [2.75, 3.05) is 14.2 Å². The third kappa shape index (κ3) is 2.53. The van der Waals surface area contributed by atoms with Crippen LogP contribution in [0.4, 0.5) is 0 Å². The van der Waals surface area contributed by atoms with Crippen LogP contribution in [0.15, 0.2) is 41.3 Å². The third-order valence-corrected chi connectivity index (χ3v) is 4.88. The van der Waals surface area contributed by atoms with E-state index in [1.165, 1.54) is 6.07 Å². The normalized spacial score (nSPS) is 13.4. The zero-order valence-electron chi connectivity index (χ0n) is 12.9. The largest absolute Gasteiger partial charge is 0.529 e. The topological polar surface area (TPSA) is 92.0 Å². The van der Waals surface area contributed by atoms with Crippen LogP contribution in [-0.4, -0.2) is 25.8 Å². The number of hydrogen-bond donors (Lipinski definition) is 0. The summed E-state index contributed by atoms with van der Waals surface area (Å²) in [5.74, 6) is -1.06. The lowest BCUT2D eigenvalue weighted by molar-refractivity contribution is 0.0960. The molecule has 0 saturated heterocycles. The zero-order chi connectivity index (χ0) is 17.5. The fraction of sp³-hybridized carbons (Fsp3) is 0.125. The summed E-state index contributed by atoms with van der Waals surface area (Å²) < 4.78 is 31.7. The molecule has 0 spiro atoms. The first-order valence-electron chi connectivity index (χ1n) is 6.83. The third-order valence-electron chi connectivity index (χ3n) is 3.54. The zero-order valence-corrected chi connectivity index (χ0v) is 13.8. The molecule has 2 aromatic rings. The van der Waals surface area contributed by atoms with Gasteiger partial charge in [0, 0.05) is 25.3 Å². The van der Waals surface area contributed by atoms with Crippen molar-refractivity contribution in [2.24, 2.45) is 0 Å². The van der Waals surface area contributed by atoms with E-state index >= 15 is 0 Å². The highest BCUT2D eigenvalue weighted by Crippen LogP contribution is 2.51. The van der Waals surface area contributed by atoms with Crippen molar-refractivity contribution in [2.45, 2.75) is 0 Å². The fourth-order valence-corrected chi connectivity index (χ4v) is 3.00. The predicted octanol–water partition coefficient (Wildman–Crippen LogP) is 3.44. The first kappa shape index (κ1) is 16.4. The summed E-state index contributed by atoms with van der Waals surface area (Å²) >= 11 is 0. The quantitative estimate of drug-likeness (QED) is 0.515. The minimum absolute atomic E-state index is 0.0103. The molecule has 0 saturated carbocycles. The summed E-state index contributed by atoms with van der Waals surface area (Å²) in [5.41, 5.74) is 0.665. The number of phosphoric acid groups is 1. The summed E-state index contributed by atoms with van der Waals surface area (Å²) in [6.45, 7) is 3.58. The van der Waals surface area contributed by atoms with E-state index < -0.39 is 13.6 Å². The first-order valence-corrected chi connectivity index (χ1v) is 8.29. The van der Waals surface area contributed by atoms with Gasteiger partial charge < -0.3 is 8.94 Å².